The molecule has 2 aliphatic rings. The van der Waals surface area contributed by atoms with Crippen LogP contribution in [0.1, 0.15) is 25.7 Å². The summed E-state index contributed by atoms with van der Waals surface area (Å²) in [6.07, 6.45) is 6.66. The average molecular weight is 390 g/mol. The molecule has 1 saturated heterocycles. The number of fused-ring (bicyclic) bond motifs is 1. The summed E-state index contributed by atoms with van der Waals surface area (Å²) in [7, 11) is 3.30. The smallest absolute Gasteiger partial charge is 0.162 e. The number of nitrogens with two attached hydrogens (primary N) is 1. The summed E-state index contributed by atoms with van der Waals surface area (Å²) in [5, 5.41) is 6.56. The quantitative estimate of drug-likeness (QED) is 0.699. The van der Waals surface area contributed by atoms with Crippen molar-refractivity contribution in [3.63, 3.8) is 0 Å². The van der Waals surface area contributed by atoms with E-state index in [1.165, 1.54) is 37.8 Å². The zero-order valence-corrected chi connectivity index (χ0v) is 16.7. The summed E-state index contributed by atoms with van der Waals surface area (Å²) in [5.74, 6) is 3.14. The fraction of sp³-hybridized carbons (Fsp3) is 0.579. The lowest BCUT2D eigenvalue weighted by atomic mass is 9.81. The van der Waals surface area contributed by atoms with Gasteiger partial charge >= 0.3 is 0 Å². The molecule has 7 nitrogen and oxygen atoms in total. The molecule has 2 heterocycles. The van der Waals surface area contributed by atoms with E-state index in [0.29, 0.717) is 16.9 Å². The highest BCUT2D eigenvalue weighted by molar-refractivity contribution is 7.95. The van der Waals surface area contributed by atoms with E-state index >= 15 is 0 Å². The maximum Gasteiger partial charge on any atom is 0.162 e. The number of anilines is 1. The molecule has 0 bridgehead atoms. The predicted molar refractivity (Wildman–Crippen MR) is 109 cm³/mol. The van der Waals surface area contributed by atoms with Crippen LogP contribution >= 0.6 is 12.1 Å². The molecule has 1 aliphatic carbocycles. The van der Waals surface area contributed by atoms with Gasteiger partial charge in [0.25, 0.3) is 0 Å². The lowest BCUT2D eigenvalue weighted by molar-refractivity contribution is 0.254. The van der Waals surface area contributed by atoms with Crippen molar-refractivity contribution < 1.29 is 9.47 Å². The Bertz CT molecular complexity index is 806. The minimum Gasteiger partial charge on any atom is -0.493 e. The Morgan fingerprint density at radius 3 is 2.52 bits per heavy atom. The summed E-state index contributed by atoms with van der Waals surface area (Å²) in [6, 6.07) is 3.90. The second-order valence-electron chi connectivity index (χ2n) is 7.48. The number of methoxy groups -OCH3 is 2. The molecule has 1 saturated carbocycles. The molecule has 2 fully saturated rings. The van der Waals surface area contributed by atoms with E-state index in [0.717, 1.165) is 42.3 Å². The van der Waals surface area contributed by atoms with E-state index in [-0.39, 0.29) is 0 Å². The first-order valence-electron chi connectivity index (χ1n) is 9.41. The highest BCUT2D eigenvalue weighted by Gasteiger charge is 2.49. The van der Waals surface area contributed by atoms with Crippen LogP contribution in [0.5, 0.6) is 11.5 Å². The third-order valence-electron chi connectivity index (χ3n) is 6.18. The second-order valence-corrected chi connectivity index (χ2v) is 8.01. The van der Waals surface area contributed by atoms with Crippen molar-refractivity contribution in [1.29, 1.82) is 0 Å². The number of ether oxygens (including phenoxy) is 2. The van der Waals surface area contributed by atoms with Crippen LogP contribution in [0.2, 0.25) is 0 Å². The van der Waals surface area contributed by atoms with E-state index in [9.17, 15) is 0 Å². The van der Waals surface area contributed by atoms with E-state index in [1.54, 1.807) is 20.5 Å². The number of nitrogens with one attached hydrogen (secondary N) is 1. The zero-order valence-electron chi connectivity index (χ0n) is 15.9. The molecule has 27 heavy (non-hydrogen) atoms. The van der Waals surface area contributed by atoms with Gasteiger partial charge in [0.2, 0.25) is 0 Å². The zero-order chi connectivity index (χ0) is 18.9. The number of hydrogen-bond donors (Lipinski definition) is 2. The minimum absolute atomic E-state index is 0.461. The molecule has 1 aromatic carbocycles. The van der Waals surface area contributed by atoms with Gasteiger partial charge in [0.05, 0.1) is 19.7 Å². The molecule has 2 aromatic rings. The van der Waals surface area contributed by atoms with Crippen LogP contribution in [0, 0.1) is 11.3 Å². The Labute approximate surface area is 164 Å². The van der Waals surface area contributed by atoms with Crippen LogP contribution in [0.4, 0.5) is 5.82 Å². The van der Waals surface area contributed by atoms with Gasteiger partial charge in [-0.1, -0.05) is 0 Å². The standard InChI is InChI=1S/C19H27N5O2S/c1-25-16-9-14-15(10-17(16)26-2)21-12-22-18(14)24-7-3-13(4-8-24)19(5-6-19)11-23-27-20/h9-10,12-13,23H,3-8,11,20H2,1-2H3. The van der Waals surface area contributed by atoms with Crippen molar-refractivity contribution in [1.82, 2.24) is 14.7 Å². The molecular formula is C19H27N5O2S. The number of piperidine rings is 1. The van der Waals surface area contributed by atoms with E-state index in [1.807, 2.05) is 12.1 Å². The summed E-state index contributed by atoms with van der Waals surface area (Å²) < 4.78 is 14.2. The first kappa shape index (κ1) is 18.6. The molecule has 8 heteroatoms. The molecule has 4 rings (SSSR count). The van der Waals surface area contributed by atoms with Gasteiger partial charge in [-0.2, -0.15) is 0 Å². The third-order valence-corrected chi connectivity index (χ3v) is 6.49. The molecular weight excluding hydrogens is 362 g/mol. The topological polar surface area (TPSA) is 85.5 Å². The van der Waals surface area contributed by atoms with Gasteiger partial charge in [-0.05, 0) is 43.1 Å². The maximum absolute atomic E-state index is 5.55. The minimum atomic E-state index is 0.461. The molecule has 3 N–H and O–H groups in total. The third kappa shape index (κ3) is 3.53. The SMILES string of the molecule is COc1cc2ncnc(N3CCC(C4(CNSN)CC4)CC3)c2cc1OC. The number of rotatable bonds is 7. The fourth-order valence-corrected chi connectivity index (χ4v) is 4.77. The van der Waals surface area contributed by atoms with Crippen molar-refractivity contribution in [3.8, 4) is 11.5 Å². The maximum atomic E-state index is 5.55. The first-order valence-corrected chi connectivity index (χ1v) is 10.3. The lowest BCUT2D eigenvalue weighted by Crippen LogP contribution is -2.39. The average Bonchev–Trinajstić information content (AvgIpc) is 3.52. The molecule has 146 valence electrons. The summed E-state index contributed by atoms with van der Waals surface area (Å²) >= 11 is 1.24. The molecule has 1 aromatic heterocycles. The molecule has 1 aliphatic heterocycles. The number of aromatic nitrogens is 2. The van der Waals surface area contributed by atoms with Crippen LogP contribution in [0.15, 0.2) is 18.5 Å². The number of hydrogen-bond acceptors (Lipinski definition) is 8. The molecule has 0 unspecified atom stereocenters. The largest absolute Gasteiger partial charge is 0.493 e. The van der Waals surface area contributed by atoms with Crippen LogP contribution < -0.4 is 24.2 Å². The van der Waals surface area contributed by atoms with E-state index in [4.69, 9.17) is 14.6 Å². The molecule has 0 atom stereocenters. The van der Waals surface area contributed by atoms with Crippen molar-refractivity contribution in [2.45, 2.75) is 25.7 Å². The fourth-order valence-electron chi connectivity index (χ4n) is 4.40. The van der Waals surface area contributed by atoms with Gasteiger partial charge < -0.3 is 14.4 Å². The van der Waals surface area contributed by atoms with Gasteiger partial charge in [-0.25, -0.2) is 9.97 Å². The monoisotopic (exact) mass is 389 g/mol. The Morgan fingerprint density at radius 2 is 1.89 bits per heavy atom. The van der Waals surface area contributed by atoms with Crippen molar-refractivity contribution in [2.24, 2.45) is 16.5 Å². The Morgan fingerprint density at radius 1 is 1.19 bits per heavy atom. The van der Waals surface area contributed by atoms with Gasteiger partial charge in [-0.3, -0.25) is 9.86 Å². The Kier molecular flexibility index (Phi) is 5.29. The normalized spacial score (nSPS) is 19.3. The summed E-state index contributed by atoms with van der Waals surface area (Å²) in [5.41, 5.74) is 1.34. The predicted octanol–water partition coefficient (Wildman–Crippen LogP) is 2.76. The molecule has 0 radical (unpaired) electrons. The van der Waals surface area contributed by atoms with Crippen molar-refractivity contribution >= 4 is 28.9 Å². The van der Waals surface area contributed by atoms with Crippen molar-refractivity contribution in [2.75, 3.05) is 38.8 Å². The Hall–Kier alpha value is -1.77. The van der Waals surface area contributed by atoms with Gasteiger partial charge in [0.1, 0.15) is 12.1 Å². The van der Waals surface area contributed by atoms with Crippen LogP contribution in [0.3, 0.4) is 0 Å². The molecule has 0 spiro atoms. The molecule has 0 amide bonds. The van der Waals surface area contributed by atoms with Crippen molar-refractivity contribution in [3.05, 3.63) is 18.5 Å². The van der Waals surface area contributed by atoms with Gasteiger partial charge in [0, 0.05) is 43.2 Å². The van der Waals surface area contributed by atoms with Gasteiger partial charge in [-0.15, -0.1) is 0 Å². The van der Waals surface area contributed by atoms with Crippen LogP contribution in [-0.4, -0.2) is 43.8 Å². The Balaban J connectivity index is 1.54. The van der Waals surface area contributed by atoms with Gasteiger partial charge in [0.15, 0.2) is 11.5 Å². The summed E-state index contributed by atoms with van der Waals surface area (Å²) in [4.78, 5) is 11.4. The first-order chi connectivity index (χ1) is 13.2. The number of benzene rings is 1. The summed E-state index contributed by atoms with van der Waals surface area (Å²) in [6.45, 7) is 3.05. The lowest BCUT2D eigenvalue weighted by Gasteiger charge is -2.37. The van der Waals surface area contributed by atoms with Crippen LogP contribution in [0.25, 0.3) is 10.9 Å². The number of nitrogens with zero attached hydrogens (tertiary/aromatic N) is 3. The van der Waals surface area contributed by atoms with E-state index < -0.39 is 0 Å². The second kappa shape index (κ2) is 7.69. The van der Waals surface area contributed by atoms with E-state index in [2.05, 4.69) is 19.6 Å². The highest BCUT2D eigenvalue weighted by Crippen LogP contribution is 2.55. The highest BCUT2D eigenvalue weighted by atomic mass is 32.2. The van der Waals surface area contributed by atoms with Crippen LogP contribution in [-0.2, 0) is 0 Å².